The van der Waals surface area contributed by atoms with Crippen LogP contribution in [-0.2, 0) is 9.84 Å². The fourth-order valence-electron chi connectivity index (χ4n) is 2.94. The monoisotopic (exact) mass is 365 g/mol. The Balaban J connectivity index is 1.57. The number of hydrogen-bond donors (Lipinski definition) is 0. The number of anilines is 1. The van der Waals surface area contributed by atoms with Gasteiger partial charge in [-0.05, 0) is 31.0 Å². The minimum absolute atomic E-state index is 0.175. The minimum atomic E-state index is -3.24. The van der Waals surface area contributed by atoms with Gasteiger partial charge in [-0.3, -0.25) is 4.90 Å². The third kappa shape index (κ3) is 3.96. The number of benzene rings is 1. The molecule has 1 aromatic heterocycles. The standard InChI is InChI=1S/C17H23N3O2S2/c1-14-3-4-15(2)16(13-14)24(21,22)12-10-19-6-8-20(9-7-19)17-18-5-11-23-17/h3-5,11,13H,6-10,12H2,1-2H3. The lowest BCUT2D eigenvalue weighted by Gasteiger charge is -2.34. The van der Waals surface area contributed by atoms with Gasteiger partial charge in [-0.1, -0.05) is 12.1 Å². The van der Waals surface area contributed by atoms with Crippen LogP contribution < -0.4 is 4.90 Å². The Bertz CT molecular complexity index is 780. The highest BCUT2D eigenvalue weighted by Crippen LogP contribution is 2.20. The van der Waals surface area contributed by atoms with Crippen molar-refractivity contribution in [3.8, 4) is 0 Å². The highest BCUT2D eigenvalue weighted by Gasteiger charge is 2.22. The highest BCUT2D eigenvalue weighted by atomic mass is 32.2. The molecular weight excluding hydrogens is 342 g/mol. The normalized spacial score (nSPS) is 16.5. The van der Waals surface area contributed by atoms with Crippen LogP contribution in [-0.4, -0.2) is 56.8 Å². The van der Waals surface area contributed by atoms with Gasteiger partial charge < -0.3 is 4.90 Å². The Labute approximate surface area is 147 Å². The smallest absolute Gasteiger partial charge is 0.185 e. The molecule has 1 fully saturated rings. The van der Waals surface area contributed by atoms with Crippen molar-refractivity contribution in [2.24, 2.45) is 0 Å². The van der Waals surface area contributed by atoms with E-state index < -0.39 is 9.84 Å². The van der Waals surface area contributed by atoms with Gasteiger partial charge in [0.2, 0.25) is 0 Å². The number of nitrogens with zero attached hydrogens (tertiary/aromatic N) is 3. The van der Waals surface area contributed by atoms with Gasteiger partial charge in [-0.15, -0.1) is 11.3 Å². The molecule has 7 heteroatoms. The molecule has 1 aliphatic rings. The first-order valence-electron chi connectivity index (χ1n) is 8.12. The molecule has 130 valence electrons. The molecule has 1 saturated heterocycles. The molecule has 3 rings (SSSR count). The maximum atomic E-state index is 12.7. The van der Waals surface area contributed by atoms with Gasteiger partial charge in [0.1, 0.15) is 0 Å². The van der Waals surface area contributed by atoms with Crippen molar-refractivity contribution in [3.05, 3.63) is 40.9 Å². The van der Waals surface area contributed by atoms with E-state index in [0.29, 0.717) is 11.4 Å². The average Bonchev–Trinajstić information content (AvgIpc) is 3.10. The van der Waals surface area contributed by atoms with Gasteiger partial charge in [0, 0.05) is 44.3 Å². The van der Waals surface area contributed by atoms with E-state index >= 15 is 0 Å². The molecule has 0 bridgehead atoms. The molecule has 1 aromatic carbocycles. The van der Waals surface area contributed by atoms with Gasteiger partial charge in [0.25, 0.3) is 0 Å². The molecule has 0 atom stereocenters. The van der Waals surface area contributed by atoms with E-state index in [1.54, 1.807) is 17.4 Å². The molecule has 0 saturated carbocycles. The number of piperazine rings is 1. The number of sulfone groups is 1. The van der Waals surface area contributed by atoms with Crippen molar-refractivity contribution >= 4 is 26.3 Å². The molecule has 0 spiro atoms. The van der Waals surface area contributed by atoms with Crippen LogP contribution in [0.15, 0.2) is 34.7 Å². The summed E-state index contributed by atoms with van der Waals surface area (Å²) in [4.78, 5) is 9.31. The Kier molecular flexibility index (Phi) is 5.22. The number of aromatic nitrogens is 1. The largest absolute Gasteiger partial charge is 0.346 e. The molecule has 5 nitrogen and oxygen atoms in total. The van der Waals surface area contributed by atoms with Crippen LogP contribution in [0.4, 0.5) is 5.13 Å². The second kappa shape index (κ2) is 7.21. The first-order valence-corrected chi connectivity index (χ1v) is 10.7. The van der Waals surface area contributed by atoms with Crippen LogP contribution in [0.25, 0.3) is 0 Å². The van der Waals surface area contributed by atoms with Crippen LogP contribution >= 0.6 is 11.3 Å². The number of rotatable bonds is 5. The lowest BCUT2D eigenvalue weighted by molar-refractivity contribution is 0.272. The molecule has 0 aliphatic carbocycles. The van der Waals surface area contributed by atoms with Crippen LogP contribution in [0, 0.1) is 13.8 Å². The van der Waals surface area contributed by atoms with E-state index in [2.05, 4.69) is 14.8 Å². The zero-order chi connectivity index (χ0) is 17.2. The molecule has 0 unspecified atom stereocenters. The molecule has 0 radical (unpaired) electrons. The van der Waals surface area contributed by atoms with Crippen molar-refractivity contribution in [2.45, 2.75) is 18.7 Å². The van der Waals surface area contributed by atoms with Crippen molar-refractivity contribution in [1.82, 2.24) is 9.88 Å². The van der Waals surface area contributed by atoms with Crippen LogP contribution in [0.1, 0.15) is 11.1 Å². The van der Waals surface area contributed by atoms with E-state index in [1.807, 2.05) is 37.6 Å². The highest BCUT2D eigenvalue weighted by molar-refractivity contribution is 7.91. The van der Waals surface area contributed by atoms with Crippen LogP contribution in [0.3, 0.4) is 0 Å². The fraction of sp³-hybridized carbons (Fsp3) is 0.471. The lowest BCUT2D eigenvalue weighted by Crippen LogP contribution is -2.47. The van der Waals surface area contributed by atoms with E-state index in [0.717, 1.165) is 42.4 Å². The summed E-state index contributed by atoms with van der Waals surface area (Å²) in [5.74, 6) is 0.175. The summed E-state index contributed by atoms with van der Waals surface area (Å²) < 4.78 is 25.3. The fourth-order valence-corrected chi connectivity index (χ4v) is 5.28. The van der Waals surface area contributed by atoms with E-state index in [-0.39, 0.29) is 5.75 Å². The summed E-state index contributed by atoms with van der Waals surface area (Å²) in [6.07, 6.45) is 1.82. The maximum absolute atomic E-state index is 12.7. The SMILES string of the molecule is Cc1ccc(C)c(S(=O)(=O)CCN2CCN(c3nccs3)CC2)c1. The molecule has 0 N–H and O–H groups in total. The Morgan fingerprint density at radius 3 is 2.58 bits per heavy atom. The van der Waals surface area contributed by atoms with Crippen molar-refractivity contribution in [1.29, 1.82) is 0 Å². The zero-order valence-electron chi connectivity index (χ0n) is 14.1. The lowest BCUT2D eigenvalue weighted by atomic mass is 10.2. The minimum Gasteiger partial charge on any atom is -0.346 e. The predicted molar refractivity (Wildman–Crippen MR) is 98.7 cm³/mol. The predicted octanol–water partition coefficient (Wildman–Crippen LogP) is 2.36. The summed E-state index contributed by atoms with van der Waals surface area (Å²) in [6, 6.07) is 5.62. The van der Waals surface area contributed by atoms with Gasteiger partial charge in [-0.2, -0.15) is 0 Å². The van der Waals surface area contributed by atoms with Crippen molar-refractivity contribution in [2.75, 3.05) is 43.4 Å². The quantitative estimate of drug-likeness (QED) is 0.814. The van der Waals surface area contributed by atoms with Crippen molar-refractivity contribution < 1.29 is 8.42 Å². The topological polar surface area (TPSA) is 53.5 Å². The maximum Gasteiger partial charge on any atom is 0.185 e. The number of aryl methyl sites for hydroxylation is 2. The molecular formula is C17H23N3O2S2. The second-order valence-electron chi connectivity index (χ2n) is 6.23. The molecule has 1 aliphatic heterocycles. The summed E-state index contributed by atoms with van der Waals surface area (Å²) in [6.45, 7) is 7.93. The van der Waals surface area contributed by atoms with E-state index in [1.165, 1.54) is 0 Å². The first kappa shape index (κ1) is 17.4. The van der Waals surface area contributed by atoms with Crippen LogP contribution in [0.2, 0.25) is 0 Å². The third-order valence-electron chi connectivity index (χ3n) is 4.42. The summed E-state index contributed by atoms with van der Waals surface area (Å²) >= 11 is 1.65. The average molecular weight is 366 g/mol. The summed E-state index contributed by atoms with van der Waals surface area (Å²) in [5.41, 5.74) is 1.81. The molecule has 2 aromatic rings. The van der Waals surface area contributed by atoms with Gasteiger partial charge in [0.05, 0.1) is 10.6 Å². The second-order valence-corrected chi connectivity index (χ2v) is 9.18. The van der Waals surface area contributed by atoms with Gasteiger partial charge >= 0.3 is 0 Å². The van der Waals surface area contributed by atoms with E-state index in [4.69, 9.17) is 0 Å². The summed E-state index contributed by atoms with van der Waals surface area (Å²) in [5, 5.41) is 3.04. The van der Waals surface area contributed by atoms with Crippen molar-refractivity contribution in [3.63, 3.8) is 0 Å². The van der Waals surface area contributed by atoms with E-state index in [9.17, 15) is 8.42 Å². The van der Waals surface area contributed by atoms with Gasteiger partial charge in [0.15, 0.2) is 15.0 Å². The Morgan fingerprint density at radius 1 is 1.17 bits per heavy atom. The Hall–Kier alpha value is -1.44. The van der Waals surface area contributed by atoms with Gasteiger partial charge in [-0.25, -0.2) is 13.4 Å². The first-order chi connectivity index (χ1) is 11.5. The number of hydrogen-bond acceptors (Lipinski definition) is 6. The number of thiazole rings is 1. The molecule has 24 heavy (non-hydrogen) atoms. The third-order valence-corrected chi connectivity index (χ3v) is 7.08. The molecule has 0 amide bonds. The summed E-state index contributed by atoms with van der Waals surface area (Å²) in [7, 11) is -3.24. The molecule has 2 heterocycles. The van der Waals surface area contributed by atoms with Crippen LogP contribution in [0.5, 0.6) is 0 Å². The zero-order valence-corrected chi connectivity index (χ0v) is 15.7. The Morgan fingerprint density at radius 2 is 1.92 bits per heavy atom.